The Balaban J connectivity index is 2.07. The molecule has 0 atom stereocenters. The Morgan fingerprint density at radius 1 is 1.24 bits per heavy atom. The summed E-state index contributed by atoms with van der Waals surface area (Å²) in [6, 6.07) is 11.3. The monoisotopic (exact) mass is 283 g/mol. The van der Waals surface area contributed by atoms with Crippen LogP contribution in [0.2, 0.25) is 0 Å². The second-order valence-corrected chi connectivity index (χ2v) is 4.79. The number of nitriles is 1. The van der Waals surface area contributed by atoms with Gasteiger partial charge in [-0.1, -0.05) is 12.1 Å². The number of fused-ring (bicyclic) bond motifs is 1. The van der Waals surface area contributed by atoms with Crippen LogP contribution in [-0.2, 0) is 13.5 Å². The molecule has 21 heavy (non-hydrogen) atoms. The minimum atomic E-state index is -0.863. The molecule has 3 nitrogen and oxygen atoms in total. The summed E-state index contributed by atoms with van der Waals surface area (Å²) < 4.78 is 28.8. The van der Waals surface area contributed by atoms with Crippen molar-refractivity contribution >= 4 is 11.0 Å². The highest BCUT2D eigenvalue weighted by molar-refractivity contribution is 5.77. The van der Waals surface area contributed by atoms with E-state index in [0.717, 1.165) is 17.1 Å². The lowest BCUT2D eigenvalue weighted by atomic mass is 10.1. The summed E-state index contributed by atoms with van der Waals surface area (Å²) in [7, 11) is 1.79. The number of rotatable bonds is 2. The molecule has 0 bridgehead atoms. The molecule has 104 valence electrons. The smallest absolute Gasteiger partial charge is 0.162 e. The summed E-state index contributed by atoms with van der Waals surface area (Å²) in [5, 5.41) is 8.93. The van der Waals surface area contributed by atoms with Crippen LogP contribution in [0.1, 0.15) is 17.0 Å². The summed E-state index contributed by atoms with van der Waals surface area (Å²) in [5.41, 5.74) is 2.31. The van der Waals surface area contributed by atoms with Crippen LogP contribution in [0.3, 0.4) is 0 Å². The third-order valence-electron chi connectivity index (χ3n) is 3.48. The number of aromatic nitrogens is 2. The van der Waals surface area contributed by atoms with Gasteiger partial charge in [0.2, 0.25) is 0 Å². The molecule has 0 fully saturated rings. The fourth-order valence-electron chi connectivity index (χ4n) is 2.32. The molecule has 1 heterocycles. The predicted octanol–water partition coefficient (Wildman–Crippen LogP) is 3.31. The molecule has 3 rings (SSSR count). The van der Waals surface area contributed by atoms with Crippen molar-refractivity contribution < 1.29 is 8.78 Å². The molecule has 0 saturated carbocycles. The number of hydrogen-bond acceptors (Lipinski definition) is 2. The van der Waals surface area contributed by atoms with E-state index in [1.165, 1.54) is 6.07 Å². The summed E-state index contributed by atoms with van der Waals surface area (Å²) in [6.45, 7) is 0. The summed E-state index contributed by atoms with van der Waals surface area (Å²) in [4.78, 5) is 4.42. The van der Waals surface area contributed by atoms with E-state index in [4.69, 9.17) is 5.26 Å². The number of imidazole rings is 1. The largest absolute Gasteiger partial charge is 0.331 e. The lowest BCUT2D eigenvalue weighted by molar-refractivity contribution is 0.499. The van der Waals surface area contributed by atoms with Gasteiger partial charge in [-0.2, -0.15) is 5.26 Å². The van der Waals surface area contributed by atoms with Crippen molar-refractivity contribution in [3.8, 4) is 6.07 Å². The van der Waals surface area contributed by atoms with Crippen LogP contribution in [0.4, 0.5) is 8.78 Å². The number of nitrogens with zero attached hydrogens (tertiary/aromatic N) is 3. The summed E-state index contributed by atoms with van der Waals surface area (Å²) in [6.07, 6.45) is 0.191. The van der Waals surface area contributed by atoms with Gasteiger partial charge in [0.1, 0.15) is 5.82 Å². The van der Waals surface area contributed by atoms with Gasteiger partial charge in [-0.15, -0.1) is 0 Å². The maximum Gasteiger partial charge on any atom is 0.162 e. The summed E-state index contributed by atoms with van der Waals surface area (Å²) >= 11 is 0. The number of hydrogen-bond donors (Lipinski definition) is 0. The molecular weight excluding hydrogens is 272 g/mol. The Morgan fingerprint density at radius 3 is 2.81 bits per heavy atom. The molecule has 0 spiro atoms. The maximum atomic E-state index is 13.7. The van der Waals surface area contributed by atoms with Crippen molar-refractivity contribution in [2.24, 2.45) is 7.05 Å². The van der Waals surface area contributed by atoms with Gasteiger partial charge < -0.3 is 4.57 Å². The maximum absolute atomic E-state index is 13.7. The Morgan fingerprint density at radius 2 is 2.05 bits per heavy atom. The Hall–Kier alpha value is -2.74. The van der Waals surface area contributed by atoms with Crippen LogP contribution in [0.25, 0.3) is 11.0 Å². The number of aryl methyl sites for hydroxylation is 1. The van der Waals surface area contributed by atoms with Gasteiger partial charge in [0.15, 0.2) is 11.6 Å². The van der Waals surface area contributed by atoms with Crippen LogP contribution in [0.5, 0.6) is 0 Å². The normalized spacial score (nSPS) is 10.8. The average Bonchev–Trinajstić information content (AvgIpc) is 2.80. The van der Waals surface area contributed by atoms with Gasteiger partial charge >= 0.3 is 0 Å². The van der Waals surface area contributed by atoms with E-state index in [-0.39, 0.29) is 12.0 Å². The van der Waals surface area contributed by atoms with Crippen LogP contribution in [0, 0.1) is 23.0 Å². The third kappa shape index (κ3) is 2.25. The van der Waals surface area contributed by atoms with E-state index in [1.54, 1.807) is 35.9 Å². The standard InChI is InChI=1S/C16H11F2N3/c1-21-14-7-10(9-19)5-6-13(14)20-15(21)8-11-3-2-4-12(17)16(11)18/h2-7H,8H2,1H3. The second-order valence-electron chi connectivity index (χ2n) is 4.79. The fraction of sp³-hybridized carbons (Fsp3) is 0.125. The average molecular weight is 283 g/mol. The zero-order valence-corrected chi connectivity index (χ0v) is 11.3. The van der Waals surface area contributed by atoms with Crippen LogP contribution in [-0.4, -0.2) is 9.55 Å². The molecule has 5 heteroatoms. The van der Waals surface area contributed by atoms with Gasteiger partial charge in [0.25, 0.3) is 0 Å². The molecule has 0 amide bonds. The van der Waals surface area contributed by atoms with Gasteiger partial charge in [-0.25, -0.2) is 13.8 Å². The minimum absolute atomic E-state index is 0.191. The quantitative estimate of drug-likeness (QED) is 0.724. The number of halogens is 2. The molecule has 0 aliphatic rings. The van der Waals surface area contributed by atoms with Crippen molar-refractivity contribution in [3.05, 3.63) is 65.0 Å². The highest BCUT2D eigenvalue weighted by Crippen LogP contribution is 2.20. The molecule has 1 aromatic heterocycles. The highest BCUT2D eigenvalue weighted by Gasteiger charge is 2.13. The van der Waals surface area contributed by atoms with E-state index in [9.17, 15) is 8.78 Å². The Labute approximate surface area is 120 Å². The first-order valence-corrected chi connectivity index (χ1v) is 6.38. The molecule has 0 radical (unpaired) electrons. The van der Waals surface area contributed by atoms with E-state index in [2.05, 4.69) is 11.1 Å². The first-order valence-electron chi connectivity index (χ1n) is 6.38. The van der Waals surface area contributed by atoms with Gasteiger partial charge in [0.05, 0.1) is 22.7 Å². The topological polar surface area (TPSA) is 41.6 Å². The zero-order chi connectivity index (χ0) is 15.0. The molecule has 2 aromatic carbocycles. The molecule has 0 aliphatic carbocycles. The minimum Gasteiger partial charge on any atom is -0.331 e. The molecule has 3 aromatic rings. The SMILES string of the molecule is Cn1c(Cc2cccc(F)c2F)nc2ccc(C#N)cc21. The second kappa shape index (κ2) is 4.98. The highest BCUT2D eigenvalue weighted by atomic mass is 19.2. The van der Waals surface area contributed by atoms with Crippen LogP contribution < -0.4 is 0 Å². The van der Waals surface area contributed by atoms with E-state index < -0.39 is 11.6 Å². The predicted molar refractivity (Wildman–Crippen MR) is 74.6 cm³/mol. The van der Waals surface area contributed by atoms with Gasteiger partial charge in [-0.05, 0) is 29.8 Å². The zero-order valence-electron chi connectivity index (χ0n) is 11.3. The van der Waals surface area contributed by atoms with E-state index in [0.29, 0.717) is 11.4 Å². The Kier molecular flexibility index (Phi) is 3.15. The van der Waals surface area contributed by atoms with Crippen molar-refractivity contribution in [1.29, 1.82) is 5.26 Å². The van der Waals surface area contributed by atoms with Crippen LogP contribution >= 0.6 is 0 Å². The lowest BCUT2D eigenvalue weighted by Crippen LogP contribution is -2.02. The molecule has 0 saturated heterocycles. The van der Waals surface area contributed by atoms with Gasteiger partial charge in [-0.3, -0.25) is 0 Å². The third-order valence-corrected chi connectivity index (χ3v) is 3.48. The number of benzene rings is 2. The molecule has 0 unspecified atom stereocenters. The van der Waals surface area contributed by atoms with Crippen molar-refractivity contribution in [1.82, 2.24) is 9.55 Å². The van der Waals surface area contributed by atoms with Gasteiger partial charge in [0, 0.05) is 13.5 Å². The fourth-order valence-corrected chi connectivity index (χ4v) is 2.32. The first kappa shape index (κ1) is 13.3. The van der Waals surface area contributed by atoms with E-state index >= 15 is 0 Å². The summed E-state index contributed by atoms with van der Waals surface area (Å²) in [5.74, 6) is -1.09. The first-order chi connectivity index (χ1) is 10.1. The Bertz CT molecular complexity index is 875. The van der Waals surface area contributed by atoms with Crippen molar-refractivity contribution in [2.45, 2.75) is 6.42 Å². The molecule has 0 N–H and O–H groups in total. The van der Waals surface area contributed by atoms with E-state index in [1.807, 2.05) is 0 Å². The molecule has 0 aliphatic heterocycles. The van der Waals surface area contributed by atoms with Crippen molar-refractivity contribution in [3.63, 3.8) is 0 Å². The molecular formula is C16H11F2N3. The van der Waals surface area contributed by atoms with Crippen LogP contribution in [0.15, 0.2) is 36.4 Å². The lowest BCUT2D eigenvalue weighted by Gasteiger charge is -2.04. The van der Waals surface area contributed by atoms with Crippen molar-refractivity contribution in [2.75, 3.05) is 0 Å².